The maximum absolute atomic E-state index is 12.4. The first-order chi connectivity index (χ1) is 14.9. The van der Waals surface area contributed by atoms with E-state index in [1.807, 2.05) is 92.0 Å². The molecule has 0 fully saturated rings. The largest absolute Gasteiger partial charge is 0.496 e. The number of aromatic nitrogens is 3. The molecule has 1 N–H and O–H groups in total. The van der Waals surface area contributed by atoms with Crippen LogP contribution in [0, 0.1) is 5.41 Å². The monoisotopic (exact) mass is 414 g/mol. The molecule has 6 nitrogen and oxygen atoms in total. The lowest BCUT2D eigenvalue weighted by molar-refractivity contribution is -0.124. The van der Waals surface area contributed by atoms with Crippen molar-refractivity contribution in [2.45, 2.75) is 27.2 Å². The fourth-order valence-corrected chi connectivity index (χ4v) is 3.28. The zero-order chi connectivity index (χ0) is 22.0. The van der Waals surface area contributed by atoms with Crippen LogP contribution in [0.15, 0.2) is 66.9 Å². The van der Waals surface area contributed by atoms with Crippen molar-refractivity contribution in [1.29, 1.82) is 0 Å². The summed E-state index contributed by atoms with van der Waals surface area (Å²) >= 11 is 0. The van der Waals surface area contributed by atoms with Crippen LogP contribution in [-0.4, -0.2) is 27.6 Å². The van der Waals surface area contributed by atoms with Crippen molar-refractivity contribution in [3.05, 3.63) is 66.9 Å². The maximum Gasteiger partial charge on any atom is 0.230 e. The van der Waals surface area contributed by atoms with Crippen LogP contribution in [0.4, 0.5) is 5.69 Å². The minimum absolute atomic E-state index is 0.0232. The number of rotatable bonds is 6. The molecule has 0 atom stereocenters. The summed E-state index contributed by atoms with van der Waals surface area (Å²) in [5, 5.41) is 11.7. The third-order valence-electron chi connectivity index (χ3n) is 5.72. The van der Waals surface area contributed by atoms with Crippen LogP contribution >= 0.6 is 0 Å². The third-order valence-corrected chi connectivity index (χ3v) is 5.72. The number of ether oxygens (including phenoxy) is 1. The Morgan fingerprint density at radius 3 is 2.42 bits per heavy atom. The van der Waals surface area contributed by atoms with Gasteiger partial charge < -0.3 is 10.1 Å². The Kier molecular flexibility index (Phi) is 5.46. The molecule has 4 rings (SSSR count). The van der Waals surface area contributed by atoms with E-state index in [9.17, 15) is 4.79 Å². The number of nitrogens with one attached hydrogen (secondary N) is 1. The quantitative estimate of drug-likeness (QED) is 0.456. The van der Waals surface area contributed by atoms with E-state index < -0.39 is 5.41 Å². The van der Waals surface area contributed by atoms with Crippen LogP contribution in [0.1, 0.15) is 27.2 Å². The van der Waals surface area contributed by atoms with Crippen molar-refractivity contribution in [3.8, 4) is 28.3 Å². The van der Waals surface area contributed by atoms with E-state index in [0.717, 1.165) is 46.0 Å². The van der Waals surface area contributed by atoms with Crippen molar-refractivity contribution in [1.82, 2.24) is 14.6 Å². The normalized spacial score (nSPS) is 11.5. The van der Waals surface area contributed by atoms with Gasteiger partial charge in [-0.25, -0.2) is 0 Å². The molecule has 0 saturated carbocycles. The Bertz CT molecular complexity index is 1230. The highest BCUT2D eigenvalue weighted by molar-refractivity contribution is 5.95. The lowest BCUT2D eigenvalue weighted by Gasteiger charge is -2.21. The molecule has 0 aliphatic carbocycles. The van der Waals surface area contributed by atoms with Gasteiger partial charge >= 0.3 is 0 Å². The van der Waals surface area contributed by atoms with E-state index in [0.29, 0.717) is 0 Å². The summed E-state index contributed by atoms with van der Waals surface area (Å²) in [6.07, 6.45) is 2.80. The average molecular weight is 415 g/mol. The lowest BCUT2D eigenvalue weighted by atomic mass is 9.89. The smallest absolute Gasteiger partial charge is 0.230 e. The molecule has 2 aromatic carbocycles. The summed E-state index contributed by atoms with van der Waals surface area (Å²) in [6, 6.07) is 19.6. The zero-order valence-corrected chi connectivity index (χ0v) is 18.2. The number of carbonyl (C=O) groups excluding carboxylic acids is 1. The first-order valence-corrected chi connectivity index (χ1v) is 10.3. The second-order valence-corrected chi connectivity index (χ2v) is 8.14. The number of para-hydroxylation sites is 1. The van der Waals surface area contributed by atoms with Crippen molar-refractivity contribution in [3.63, 3.8) is 0 Å². The zero-order valence-electron chi connectivity index (χ0n) is 18.2. The summed E-state index contributed by atoms with van der Waals surface area (Å²) in [4.78, 5) is 12.4. The maximum atomic E-state index is 12.4. The molecule has 2 heterocycles. The van der Waals surface area contributed by atoms with Gasteiger partial charge in [-0.1, -0.05) is 45.0 Å². The Morgan fingerprint density at radius 1 is 1.00 bits per heavy atom. The van der Waals surface area contributed by atoms with Gasteiger partial charge in [0.2, 0.25) is 5.91 Å². The molecule has 0 aliphatic heterocycles. The molecule has 0 aliphatic rings. The molecule has 0 bridgehead atoms. The topological polar surface area (TPSA) is 68.5 Å². The number of benzene rings is 2. The predicted molar refractivity (Wildman–Crippen MR) is 123 cm³/mol. The second kappa shape index (κ2) is 8.22. The number of pyridine rings is 1. The van der Waals surface area contributed by atoms with Gasteiger partial charge in [0.25, 0.3) is 0 Å². The van der Waals surface area contributed by atoms with Crippen molar-refractivity contribution in [2.24, 2.45) is 5.41 Å². The number of fused-ring (bicyclic) bond motifs is 1. The molecular formula is C25H26N4O2. The predicted octanol–water partition coefficient (Wildman–Crippen LogP) is 5.45. The number of hydrogen-bond donors (Lipinski definition) is 1. The van der Waals surface area contributed by atoms with Crippen LogP contribution in [0.5, 0.6) is 5.75 Å². The fourth-order valence-electron chi connectivity index (χ4n) is 3.28. The van der Waals surface area contributed by atoms with Gasteiger partial charge in [-0.3, -0.25) is 9.20 Å². The first kappa shape index (κ1) is 20.6. The first-order valence-electron chi connectivity index (χ1n) is 10.3. The van der Waals surface area contributed by atoms with E-state index in [1.165, 1.54) is 0 Å². The SMILES string of the molecule is CCC(C)(C)C(=O)Nc1ccc(-c2ccc3nnc(-c4ccccc4OC)n3c2)cc1. The second-order valence-electron chi connectivity index (χ2n) is 8.14. The van der Waals surface area contributed by atoms with Gasteiger partial charge in [0.1, 0.15) is 5.75 Å². The van der Waals surface area contributed by atoms with Crippen LogP contribution < -0.4 is 10.1 Å². The van der Waals surface area contributed by atoms with Gasteiger partial charge in [-0.15, -0.1) is 10.2 Å². The summed E-state index contributed by atoms with van der Waals surface area (Å²) < 4.78 is 7.46. The molecule has 1 amide bonds. The van der Waals surface area contributed by atoms with Crippen molar-refractivity contribution in [2.75, 3.05) is 12.4 Å². The standard InChI is InChI=1S/C25H26N4O2/c1-5-25(2,3)24(30)26-19-13-10-17(11-14-19)18-12-15-22-27-28-23(29(22)16-18)20-8-6-7-9-21(20)31-4/h6-16H,5H2,1-4H3,(H,26,30). The van der Waals surface area contributed by atoms with Gasteiger partial charge in [-0.05, 0) is 53.9 Å². The van der Waals surface area contributed by atoms with Crippen molar-refractivity contribution < 1.29 is 9.53 Å². The molecule has 6 heteroatoms. The molecule has 31 heavy (non-hydrogen) atoms. The highest BCUT2D eigenvalue weighted by atomic mass is 16.5. The van der Waals surface area contributed by atoms with Crippen LogP contribution in [0.2, 0.25) is 0 Å². The third kappa shape index (κ3) is 4.01. The molecule has 4 aromatic rings. The molecule has 2 aromatic heterocycles. The van der Waals surface area contributed by atoms with Crippen LogP contribution in [-0.2, 0) is 4.79 Å². The summed E-state index contributed by atoms with van der Waals surface area (Å²) in [6.45, 7) is 5.91. The minimum Gasteiger partial charge on any atom is -0.496 e. The number of hydrogen-bond acceptors (Lipinski definition) is 4. The highest BCUT2D eigenvalue weighted by Crippen LogP contribution is 2.30. The van der Waals surface area contributed by atoms with E-state index >= 15 is 0 Å². The van der Waals surface area contributed by atoms with Gasteiger partial charge in [0, 0.05) is 17.3 Å². The Balaban J connectivity index is 1.65. The number of methoxy groups -OCH3 is 1. The summed E-state index contributed by atoms with van der Waals surface area (Å²) in [7, 11) is 1.65. The molecule has 0 saturated heterocycles. The van der Waals surface area contributed by atoms with Crippen molar-refractivity contribution >= 4 is 17.2 Å². The summed E-state index contributed by atoms with van der Waals surface area (Å²) in [5.41, 5.74) is 4.09. The molecule has 0 radical (unpaired) electrons. The number of anilines is 1. The van der Waals surface area contributed by atoms with Crippen LogP contribution in [0.3, 0.4) is 0 Å². The lowest BCUT2D eigenvalue weighted by Crippen LogP contribution is -2.29. The molecular weight excluding hydrogens is 388 g/mol. The molecule has 0 unspecified atom stereocenters. The Morgan fingerprint density at radius 2 is 1.71 bits per heavy atom. The van der Waals surface area contributed by atoms with Gasteiger partial charge in [0.15, 0.2) is 11.5 Å². The number of nitrogens with zero attached hydrogens (tertiary/aromatic N) is 3. The van der Waals surface area contributed by atoms with Crippen LogP contribution in [0.25, 0.3) is 28.2 Å². The van der Waals surface area contributed by atoms with E-state index in [4.69, 9.17) is 4.74 Å². The van der Waals surface area contributed by atoms with E-state index in [-0.39, 0.29) is 5.91 Å². The van der Waals surface area contributed by atoms with Gasteiger partial charge in [0.05, 0.1) is 12.7 Å². The Hall–Kier alpha value is -3.67. The molecule has 0 spiro atoms. The fraction of sp³-hybridized carbons (Fsp3) is 0.240. The number of amides is 1. The van der Waals surface area contributed by atoms with E-state index in [2.05, 4.69) is 15.5 Å². The van der Waals surface area contributed by atoms with Gasteiger partial charge in [-0.2, -0.15) is 0 Å². The molecule has 158 valence electrons. The minimum atomic E-state index is -0.396. The highest BCUT2D eigenvalue weighted by Gasteiger charge is 2.25. The number of carbonyl (C=O) groups is 1. The summed E-state index contributed by atoms with van der Waals surface area (Å²) in [5.74, 6) is 1.49. The van der Waals surface area contributed by atoms with E-state index in [1.54, 1.807) is 7.11 Å². The Labute approximate surface area is 181 Å². The average Bonchev–Trinajstić information content (AvgIpc) is 3.22.